The Morgan fingerprint density at radius 2 is 1.53 bits per heavy atom. The van der Waals surface area contributed by atoms with E-state index in [4.69, 9.17) is 0 Å². The van der Waals surface area contributed by atoms with Crippen molar-refractivity contribution in [3.05, 3.63) is 90.4 Å². The molecule has 0 aliphatic rings. The summed E-state index contributed by atoms with van der Waals surface area (Å²) in [6.45, 7) is 6.37. The van der Waals surface area contributed by atoms with E-state index in [0.717, 1.165) is 29.2 Å². The summed E-state index contributed by atoms with van der Waals surface area (Å²) >= 11 is 0. The van der Waals surface area contributed by atoms with Crippen LogP contribution in [0.2, 0.25) is 0 Å². The second kappa shape index (κ2) is 10.3. The molecule has 0 unspecified atom stereocenters. The van der Waals surface area contributed by atoms with Crippen molar-refractivity contribution in [3.63, 3.8) is 0 Å². The molecule has 0 aliphatic carbocycles. The predicted molar refractivity (Wildman–Crippen MR) is 108 cm³/mol. The first-order valence-corrected chi connectivity index (χ1v) is 9.05. The molecule has 3 heterocycles. The third-order valence-electron chi connectivity index (χ3n) is 4.01. The Kier molecular flexibility index (Phi) is 8.09. The maximum absolute atomic E-state index is 13.2. The smallest absolute Gasteiger partial charge is 0.0494 e. The van der Waals surface area contributed by atoms with E-state index < -0.39 is 11.6 Å². The fourth-order valence-corrected chi connectivity index (χ4v) is 2.45. The third-order valence-corrected chi connectivity index (χ3v) is 4.01. The van der Waals surface area contributed by atoms with Crippen molar-refractivity contribution in [1.82, 2.24) is 20.2 Å². The largest absolute Gasteiger partial charge is 0.573 e. The zero-order chi connectivity index (χ0) is 20.9. The van der Waals surface area contributed by atoms with E-state index in [0.29, 0.717) is 5.69 Å². The Hall–Kier alpha value is -2.76. The van der Waals surface area contributed by atoms with Gasteiger partial charge in [-0.2, -0.15) is 0 Å². The van der Waals surface area contributed by atoms with Crippen LogP contribution >= 0.6 is 0 Å². The molecule has 0 spiro atoms. The van der Waals surface area contributed by atoms with Gasteiger partial charge in [-0.1, -0.05) is 62.4 Å². The van der Waals surface area contributed by atoms with Gasteiger partial charge in [0.25, 0.3) is 0 Å². The number of halogens is 2. The molecule has 1 aromatic carbocycles. The molecule has 0 bridgehead atoms. The second-order valence-electron chi connectivity index (χ2n) is 7.34. The molecular weight excluding hydrogens is 562 g/mol. The van der Waals surface area contributed by atoms with Crippen LogP contribution < -0.4 is 5.10 Å². The maximum Gasteiger partial charge on any atom is 0.0494 e. The van der Waals surface area contributed by atoms with Crippen LogP contribution in [0.1, 0.15) is 26.5 Å². The van der Waals surface area contributed by atoms with E-state index in [2.05, 4.69) is 47.0 Å². The first kappa shape index (κ1) is 23.5. The summed E-state index contributed by atoms with van der Waals surface area (Å²) in [5.74, 6) is -1.29. The quantitative estimate of drug-likeness (QED) is 0.304. The van der Waals surface area contributed by atoms with E-state index in [9.17, 15) is 8.78 Å². The van der Waals surface area contributed by atoms with E-state index in [1.165, 1.54) is 0 Å². The zero-order valence-corrected chi connectivity index (χ0v) is 19.1. The van der Waals surface area contributed by atoms with Crippen molar-refractivity contribution >= 4 is 0 Å². The maximum atomic E-state index is 13.2. The van der Waals surface area contributed by atoms with Crippen molar-refractivity contribution in [3.8, 4) is 22.6 Å². The molecule has 0 amide bonds. The minimum Gasteiger partial charge on any atom is -0.573 e. The van der Waals surface area contributed by atoms with Gasteiger partial charge in [0, 0.05) is 60.9 Å². The van der Waals surface area contributed by atoms with Gasteiger partial charge in [-0.25, -0.2) is 0 Å². The number of nitrogens with zero attached hydrogens (tertiary/aromatic N) is 4. The predicted octanol–water partition coefficient (Wildman–Crippen LogP) is 5.22. The topological polar surface area (TPSA) is 52.8 Å². The van der Waals surface area contributed by atoms with Crippen LogP contribution in [-0.4, -0.2) is 15.1 Å². The van der Waals surface area contributed by atoms with E-state index in [1.807, 2.05) is 24.3 Å². The van der Waals surface area contributed by atoms with Gasteiger partial charge in [0.15, 0.2) is 0 Å². The molecule has 4 aromatic rings. The summed E-state index contributed by atoms with van der Waals surface area (Å²) < 4.78 is 25.8. The fourth-order valence-electron chi connectivity index (χ4n) is 2.45. The minimum atomic E-state index is -0.649. The molecule has 0 fully saturated rings. The second-order valence-corrected chi connectivity index (χ2v) is 7.34. The normalized spacial score (nSPS) is 10.6. The van der Waals surface area contributed by atoms with Gasteiger partial charge in [-0.15, -0.1) is 12.1 Å². The van der Waals surface area contributed by atoms with E-state index in [1.54, 1.807) is 30.6 Å². The monoisotopic (exact) mass is 583 g/mol. The average Bonchev–Trinajstić information content (AvgIpc) is 3.21. The van der Waals surface area contributed by atoms with Crippen LogP contribution in [0.5, 0.6) is 0 Å². The van der Waals surface area contributed by atoms with Crippen LogP contribution in [0.3, 0.4) is 0 Å². The number of hydrogen-bond acceptors (Lipinski definition) is 3. The Bertz CT molecular complexity index is 1060. The molecule has 0 atom stereocenters. The number of hydrogen-bond donors (Lipinski definition) is 0. The van der Waals surface area contributed by atoms with Crippen molar-refractivity contribution in [2.24, 2.45) is 0 Å². The van der Waals surface area contributed by atoms with Gasteiger partial charge in [0.2, 0.25) is 0 Å². The Balaban J connectivity index is 0.000000207. The molecule has 3 aromatic heterocycles. The van der Waals surface area contributed by atoms with Crippen molar-refractivity contribution in [2.45, 2.75) is 26.2 Å². The average molecular weight is 583 g/mol. The molecule has 30 heavy (non-hydrogen) atoms. The van der Waals surface area contributed by atoms with Gasteiger partial charge < -0.3 is 15.2 Å². The number of benzene rings is 1. The van der Waals surface area contributed by atoms with Crippen LogP contribution in [0.15, 0.2) is 67.0 Å². The minimum absolute atomic E-state index is 0. The van der Waals surface area contributed by atoms with E-state index in [-0.39, 0.29) is 31.1 Å². The molecule has 0 aliphatic heterocycles. The summed E-state index contributed by atoms with van der Waals surface area (Å²) in [6.07, 6.45) is 3.31. The van der Waals surface area contributed by atoms with Crippen LogP contribution in [-0.2, 0) is 25.5 Å². The Labute approximate surface area is 188 Å². The number of aromatic nitrogens is 4. The van der Waals surface area contributed by atoms with Crippen molar-refractivity contribution in [1.29, 1.82) is 0 Å². The third kappa shape index (κ3) is 6.12. The molecule has 0 N–H and O–H groups in total. The summed E-state index contributed by atoms with van der Waals surface area (Å²) in [6, 6.07) is 17.3. The molecule has 7 heteroatoms. The molecule has 157 valence electrons. The number of rotatable bonds is 2. The van der Waals surface area contributed by atoms with Gasteiger partial charge in [0.1, 0.15) is 0 Å². The van der Waals surface area contributed by atoms with Gasteiger partial charge in [0.05, 0.1) is 0 Å². The SMILES string of the molecule is CC(C)(C)c1cc(-c2ccccn2)[n-]n1.Fc1c[c-]c(-c2ccccn2)c(F)c1.[Ir]. The Morgan fingerprint density at radius 1 is 0.900 bits per heavy atom. The van der Waals surface area contributed by atoms with Crippen LogP contribution in [0, 0.1) is 17.7 Å². The molecule has 1 radical (unpaired) electrons. The fraction of sp³-hybridized carbons (Fsp3) is 0.174. The first-order valence-electron chi connectivity index (χ1n) is 9.05. The molecule has 4 nitrogen and oxygen atoms in total. The van der Waals surface area contributed by atoms with Gasteiger partial charge >= 0.3 is 0 Å². The zero-order valence-electron chi connectivity index (χ0n) is 16.7. The summed E-state index contributed by atoms with van der Waals surface area (Å²) in [5.41, 5.74) is 3.40. The molecule has 0 saturated heterocycles. The van der Waals surface area contributed by atoms with Gasteiger partial charge in [-0.3, -0.25) is 13.8 Å². The van der Waals surface area contributed by atoms with Crippen molar-refractivity contribution < 1.29 is 28.9 Å². The van der Waals surface area contributed by atoms with Crippen molar-refractivity contribution in [2.75, 3.05) is 0 Å². The summed E-state index contributed by atoms with van der Waals surface area (Å²) in [7, 11) is 0. The van der Waals surface area contributed by atoms with Crippen LogP contribution in [0.4, 0.5) is 8.78 Å². The molecule has 0 saturated carbocycles. The first-order chi connectivity index (χ1) is 13.8. The van der Waals surface area contributed by atoms with E-state index >= 15 is 0 Å². The summed E-state index contributed by atoms with van der Waals surface area (Å²) in [5, 5.41) is 8.31. The molecule has 4 rings (SSSR count). The van der Waals surface area contributed by atoms with Crippen LogP contribution in [0.25, 0.3) is 22.6 Å². The summed E-state index contributed by atoms with van der Waals surface area (Å²) in [4.78, 5) is 8.19. The van der Waals surface area contributed by atoms with Gasteiger partial charge in [-0.05, 0) is 23.9 Å². The Morgan fingerprint density at radius 3 is 2.03 bits per heavy atom. The number of pyridine rings is 2. The molecular formula is C23H20F2IrN4-2. The standard InChI is InChI=1S/C12H14N3.C11H6F2N.Ir/c1-12(2,3)11-8-10(14-15-11)9-6-4-5-7-13-9;12-8-4-5-9(10(13)7-8)11-3-1-2-6-14-11;/h4-8H,1-3H3;1-4,6-7H;/q2*-1;.